The van der Waals surface area contributed by atoms with Crippen molar-refractivity contribution >= 4 is 5.96 Å². The van der Waals surface area contributed by atoms with Crippen molar-refractivity contribution in [3.05, 3.63) is 35.9 Å². The largest absolute Gasteiger partial charge is 0.354 e. The highest BCUT2D eigenvalue weighted by Crippen LogP contribution is 2.24. The molecule has 4 nitrogen and oxygen atoms in total. The molecule has 1 unspecified atom stereocenters. The van der Waals surface area contributed by atoms with Crippen LogP contribution in [-0.4, -0.2) is 56.0 Å². The molecule has 1 saturated heterocycles. The maximum absolute atomic E-state index is 4.45. The zero-order valence-corrected chi connectivity index (χ0v) is 15.0. The van der Waals surface area contributed by atoms with Gasteiger partial charge in [-0.1, -0.05) is 43.7 Å². The molecule has 1 aromatic carbocycles. The van der Waals surface area contributed by atoms with Crippen LogP contribution in [0.5, 0.6) is 0 Å². The lowest BCUT2D eigenvalue weighted by molar-refractivity contribution is 0.244. The van der Waals surface area contributed by atoms with E-state index in [1.807, 2.05) is 7.05 Å². The van der Waals surface area contributed by atoms with Gasteiger partial charge in [-0.15, -0.1) is 0 Å². The smallest absolute Gasteiger partial charge is 0.193 e. The van der Waals surface area contributed by atoms with Crippen LogP contribution in [0.4, 0.5) is 0 Å². The fourth-order valence-electron chi connectivity index (χ4n) is 3.26. The van der Waals surface area contributed by atoms with Crippen molar-refractivity contribution in [2.45, 2.75) is 38.6 Å². The van der Waals surface area contributed by atoms with E-state index in [9.17, 15) is 0 Å². The molecule has 1 atom stereocenters. The average Bonchev–Trinajstić information content (AvgIpc) is 3.11. The minimum atomic E-state index is 0.426. The van der Waals surface area contributed by atoms with Gasteiger partial charge in [0.2, 0.25) is 0 Å². The molecule has 2 rings (SSSR count). The summed E-state index contributed by atoms with van der Waals surface area (Å²) in [5.41, 5.74) is 1.40. The third kappa shape index (κ3) is 5.24. The number of aliphatic imine (C=N–C) groups is 1. The molecule has 1 fully saturated rings. The Labute approximate surface area is 141 Å². The molecule has 23 heavy (non-hydrogen) atoms. The monoisotopic (exact) mass is 316 g/mol. The van der Waals surface area contributed by atoms with Crippen LogP contribution in [0.15, 0.2) is 35.3 Å². The summed E-state index contributed by atoms with van der Waals surface area (Å²) in [6, 6.07) is 11.3. The molecule has 1 aromatic rings. The van der Waals surface area contributed by atoms with Gasteiger partial charge in [-0.05, 0) is 37.9 Å². The number of hydrogen-bond donors (Lipinski definition) is 1. The third-order valence-electron chi connectivity index (χ3n) is 4.64. The number of benzene rings is 1. The highest BCUT2D eigenvalue weighted by atomic mass is 15.3. The molecule has 1 N–H and O–H groups in total. The Kier molecular flexibility index (Phi) is 7.40. The topological polar surface area (TPSA) is 30.9 Å². The number of guanidine groups is 1. The second-order valence-corrected chi connectivity index (χ2v) is 6.37. The maximum Gasteiger partial charge on any atom is 0.193 e. The first-order valence-electron chi connectivity index (χ1n) is 8.97. The van der Waals surface area contributed by atoms with E-state index in [4.69, 9.17) is 0 Å². The van der Waals surface area contributed by atoms with Crippen LogP contribution < -0.4 is 5.32 Å². The zero-order valence-electron chi connectivity index (χ0n) is 15.0. The third-order valence-corrected chi connectivity index (χ3v) is 4.64. The predicted molar refractivity (Wildman–Crippen MR) is 98.9 cm³/mol. The van der Waals surface area contributed by atoms with Gasteiger partial charge in [-0.2, -0.15) is 0 Å². The summed E-state index contributed by atoms with van der Waals surface area (Å²) in [7, 11) is 4.00. The minimum absolute atomic E-state index is 0.426. The van der Waals surface area contributed by atoms with Gasteiger partial charge < -0.3 is 10.2 Å². The van der Waals surface area contributed by atoms with Crippen molar-refractivity contribution in [2.24, 2.45) is 4.99 Å². The lowest BCUT2D eigenvalue weighted by Gasteiger charge is -2.30. The van der Waals surface area contributed by atoms with Gasteiger partial charge in [0, 0.05) is 27.2 Å². The Morgan fingerprint density at radius 3 is 2.57 bits per heavy atom. The summed E-state index contributed by atoms with van der Waals surface area (Å²) in [6.07, 6.45) is 5.04. The fraction of sp³-hybridized carbons (Fsp3) is 0.632. The van der Waals surface area contributed by atoms with Gasteiger partial charge >= 0.3 is 0 Å². The van der Waals surface area contributed by atoms with Crippen molar-refractivity contribution in [2.75, 3.05) is 40.3 Å². The van der Waals surface area contributed by atoms with Gasteiger partial charge in [0.25, 0.3) is 0 Å². The standard InChI is InChI=1S/C19H32N4/c1-4-5-13-22(3)19(20-2)21-16-18(23-14-9-10-15-23)17-11-7-6-8-12-17/h6-8,11-12,18H,4-5,9-10,13-16H2,1-3H3,(H,20,21). The molecule has 0 spiro atoms. The number of unbranched alkanes of at least 4 members (excludes halogenated alkanes) is 1. The van der Waals surface area contributed by atoms with E-state index < -0.39 is 0 Å². The summed E-state index contributed by atoms with van der Waals surface area (Å²) in [4.78, 5) is 9.28. The van der Waals surface area contributed by atoms with Crippen molar-refractivity contribution in [3.63, 3.8) is 0 Å². The van der Waals surface area contributed by atoms with Crippen molar-refractivity contribution in [3.8, 4) is 0 Å². The Balaban J connectivity index is 2.00. The number of nitrogens with zero attached hydrogens (tertiary/aromatic N) is 3. The van der Waals surface area contributed by atoms with Crippen LogP contribution in [0.3, 0.4) is 0 Å². The van der Waals surface area contributed by atoms with Gasteiger partial charge in [-0.3, -0.25) is 9.89 Å². The highest BCUT2D eigenvalue weighted by Gasteiger charge is 2.23. The first-order chi connectivity index (χ1) is 11.3. The van der Waals surface area contributed by atoms with Crippen molar-refractivity contribution in [1.82, 2.24) is 15.1 Å². The van der Waals surface area contributed by atoms with E-state index in [0.717, 1.165) is 19.0 Å². The number of hydrogen-bond acceptors (Lipinski definition) is 2. The van der Waals surface area contributed by atoms with E-state index in [1.165, 1.54) is 44.3 Å². The predicted octanol–water partition coefficient (Wildman–Crippen LogP) is 3.13. The van der Waals surface area contributed by atoms with Crippen LogP contribution in [0.2, 0.25) is 0 Å². The molecule has 0 amide bonds. The Morgan fingerprint density at radius 1 is 1.26 bits per heavy atom. The summed E-state index contributed by atoms with van der Waals surface area (Å²) >= 11 is 0. The van der Waals surface area contributed by atoms with Crippen LogP contribution in [-0.2, 0) is 0 Å². The van der Waals surface area contributed by atoms with Gasteiger partial charge in [0.15, 0.2) is 5.96 Å². The minimum Gasteiger partial charge on any atom is -0.354 e. The number of rotatable bonds is 7. The lowest BCUT2D eigenvalue weighted by atomic mass is 10.1. The van der Waals surface area contributed by atoms with Crippen LogP contribution >= 0.6 is 0 Å². The summed E-state index contributed by atoms with van der Waals surface area (Å²) < 4.78 is 0. The van der Waals surface area contributed by atoms with Gasteiger partial charge in [0.05, 0.1) is 6.04 Å². The zero-order chi connectivity index (χ0) is 16.5. The summed E-state index contributed by atoms with van der Waals surface area (Å²) in [5.74, 6) is 0.999. The molecular formula is C19H32N4. The summed E-state index contributed by atoms with van der Waals surface area (Å²) in [5, 5.41) is 3.59. The van der Waals surface area contributed by atoms with E-state index in [-0.39, 0.29) is 0 Å². The first-order valence-corrected chi connectivity index (χ1v) is 8.97. The molecule has 1 aliphatic heterocycles. The molecule has 1 aliphatic rings. The Bertz CT molecular complexity index is 466. The molecule has 4 heteroatoms. The van der Waals surface area contributed by atoms with Crippen LogP contribution in [0, 0.1) is 0 Å². The van der Waals surface area contributed by atoms with Crippen molar-refractivity contribution < 1.29 is 0 Å². The molecule has 0 aromatic heterocycles. The van der Waals surface area contributed by atoms with Gasteiger partial charge in [-0.25, -0.2) is 0 Å². The SMILES string of the molecule is CCCCN(C)C(=NC)NCC(c1ccccc1)N1CCCC1. The maximum atomic E-state index is 4.45. The molecule has 1 heterocycles. The van der Waals surface area contributed by atoms with E-state index in [1.54, 1.807) is 0 Å². The second-order valence-electron chi connectivity index (χ2n) is 6.37. The first kappa shape index (κ1) is 17.8. The van der Waals surface area contributed by atoms with Crippen LogP contribution in [0.25, 0.3) is 0 Å². The second kappa shape index (κ2) is 9.56. The molecule has 0 radical (unpaired) electrons. The van der Waals surface area contributed by atoms with E-state index in [0.29, 0.717) is 6.04 Å². The van der Waals surface area contributed by atoms with E-state index >= 15 is 0 Å². The molecule has 0 bridgehead atoms. The normalized spacial score (nSPS) is 17.3. The average molecular weight is 316 g/mol. The highest BCUT2D eigenvalue weighted by molar-refractivity contribution is 5.79. The summed E-state index contributed by atoms with van der Waals surface area (Å²) in [6.45, 7) is 6.59. The lowest BCUT2D eigenvalue weighted by Crippen LogP contribution is -2.43. The fourth-order valence-corrected chi connectivity index (χ4v) is 3.26. The molecule has 128 valence electrons. The Hall–Kier alpha value is -1.55. The number of nitrogens with one attached hydrogen (secondary N) is 1. The van der Waals surface area contributed by atoms with Crippen molar-refractivity contribution in [1.29, 1.82) is 0 Å². The quantitative estimate of drug-likeness (QED) is 0.619. The van der Waals surface area contributed by atoms with Gasteiger partial charge in [0.1, 0.15) is 0 Å². The molecule has 0 aliphatic carbocycles. The van der Waals surface area contributed by atoms with E-state index in [2.05, 4.69) is 64.4 Å². The molecular weight excluding hydrogens is 284 g/mol. The number of likely N-dealkylation sites (tertiary alicyclic amines) is 1. The van der Waals surface area contributed by atoms with Crippen LogP contribution in [0.1, 0.15) is 44.2 Å². The molecule has 0 saturated carbocycles. The Morgan fingerprint density at radius 2 is 1.96 bits per heavy atom.